The van der Waals surface area contributed by atoms with Crippen LogP contribution in [0.2, 0.25) is 0 Å². The van der Waals surface area contributed by atoms with E-state index in [0.717, 1.165) is 19.4 Å². The molecule has 64 valence electrons. The van der Waals surface area contributed by atoms with Gasteiger partial charge in [-0.2, -0.15) is 0 Å². The van der Waals surface area contributed by atoms with Gasteiger partial charge in [-0.15, -0.1) is 0 Å². The Balaban J connectivity index is 2.47. The Hall–Kier alpha value is -0.610. The minimum absolute atomic E-state index is 0.0891. The highest BCUT2D eigenvalue weighted by atomic mass is 16.2. The summed E-state index contributed by atoms with van der Waals surface area (Å²) < 4.78 is 0. The fraction of sp³-hybridized carbons (Fsp3) is 0.857. The largest absolute Gasteiger partial charge is 0.306 e. The first kappa shape index (κ1) is 8.49. The van der Waals surface area contributed by atoms with Crippen LogP contribution in [0.25, 0.3) is 0 Å². The van der Waals surface area contributed by atoms with Crippen LogP contribution >= 0.6 is 0 Å². The lowest BCUT2D eigenvalue weighted by Gasteiger charge is -2.28. The number of nitrogens with one attached hydrogen (secondary N) is 2. The number of rotatable bonds is 1. The monoisotopic (exact) mass is 157 g/mol. The maximum absolute atomic E-state index is 11.1. The molecule has 1 saturated heterocycles. The summed E-state index contributed by atoms with van der Waals surface area (Å²) in [6.07, 6.45) is 2.25. The molecule has 0 aliphatic carbocycles. The van der Waals surface area contributed by atoms with E-state index in [1.807, 2.05) is 0 Å². The Bertz CT molecular complexity index is 149. The Labute approximate surface area is 66.5 Å². The van der Waals surface area contributed by atoms with Crippen molar-refractivity contribution in [3.05, 3.63) is 0 Å². The number of carbonyl (C=O) groups is 1. The first-order valence-corrected chi connectivity index (χ1v) is 3.99. The third-order valence-corrected chi connectivity index (χ3v) is 2.19. The van der Waals surface area contributed by atoms with E-state index in [1.54, 1.807) is 0 Å². The molecule has 1 fully saturated rings. The number of hydrogen-bond acceptors (Lipinski definition) is 3. The van der Waals surface area contributed by atoms with E-state index in [0.29, 0.717) is 5.92 Å². The van der Waals surface area contributed by atoms with E-state index in [2.05, 4.69) is 17.7 Å². The van der Waals surface area contributed by atoms with E-state index in [-0.39, 0.29) is 11.9 Å². The average molecular weight is 157 g/mol. The van der Waals surface area contributed by atoms with Gasteiger partial charge < -0.3 is 5.32 Å². The summed E-state index contributed by atoms with van der Waals surface area (Å²) in [5.41, 5.74) is 2.16. The number of carbonyl (C=O) groups excluding carboxylic acids is 1. The minimum atomic E-state index is -0.0998. The molecule has 0 saturated carbocycles. The number of hydrogen-bond donors (Lipinski definition) is 3. The van der Waals surface area contributed by atoms with Gasteiger partial charge >= 0.3 is 0 Å². The molecule has 0 spiro atoms. The van der Waals surface area contributed by atoms with Crippen molar-refractivity contribution in [3.63, 3.8) is 0 Å². The average Bonchev–Trinajstić information content (AvgIpc) is 2.04. The summed E-state index contributed by atoms with van der Waals surface area (Å²) in [4.78, 5) is 11.1. The van der Waals surface area contributed by atoms with Gasteiger partial charge in [0.1, 0.15) is 0 Å². The molecule has 0 aromatic heterocycles. The third-order valence-electron chi connectivity index (χ3n) is 2.19. The highest BCUT2D eigenvalue weighted by molar-refractivity contribution is 5.81. The highest BCUT2D eigenvalue weighted by Crippen LogP contribution is 2.14. The van der Waals surface area contributed by atoms with Gasteiger partial charge in [-0.3, -0.25) is 10.2 Å². The maximum Gasteiger partial charge on any atom is 0.251 e. The van der Waals surface area contributed by atoms with Crippen LogP contribution in [0.5, 0.6) is 0 Å². The van der Waals surface area contributed by atoms with Gasteiger partial charge in [0, 0.05) is 0 Å². The molecule has 11 heavy (non-hydrogen) atoms. The van der Waals surface area contributed by atoms with Crippen molar-refractivity contribution in [1.29, 1.82) is 0 Å². The number of hydrazine groups is 1. The van der Waals surface area contributed by atoms with Crippen molar-refractivity contribution in [2.75, 3.05) is 6.54 Å². The second-order valence-corrected chi connectivity index (χ2v) is 3.06. The Morgan fingerprint density at radius 1 is 1.73 bits per heavy atom. The van der Waals surface area contributed by atoms with Crippen molar-refractivity contribution in [3.8, 4) is 0 Å². The topological polar surface area (TPSA) is 67.2 Å². The van der Waals surface area contributed by atoms with E-state index < -0.39 is 0 Å². The van der Waals surface area contributed by atoms with Crippen molar-refractivity contribution < 1.29 is 4.79 Å². The molecule has 2 atom stereocenters. The quantitative estimate of drug-likeness (QED) is 0.269. The molecule has 4 N–H and O–H groups in total. The van der Waals surface area contributed by atoms with E-state index >= 15 is 0 Å². The lowest BCUT2D eigenvalue weighted by atomic mass is 9.92. The van der Waals surface area contributed by atoms with Crippen molar-refractivity contribution in [2.45, 2.75) is 25.8 Å². The van der Waals surface area contributed by atoms with Gasteiger partial charge in [-0.05, 0) is 25.3 Å². The zero-order valence-corrected chi connectivity index (χ0v) is 6.76. The molecule has 0 radical (unpaired) electrons. The lowest BCUT2D eigenvalue weighted by Crippen LogP contribution is -2.52. The maximum atomic E-state index is 11.1. The molecule has 1 rings (SSSR count). The van der Waals surface area contributed by atoms with Crippen LogP contribution < -0.4 is 16.6 Å². The van der Waals surface area contributed by atoms with Crippen molar-refractivity contribution in [1.82, 2.24) is 10.7 Å². The zero-order chi connectivity index (χ0) is 8.27. The first-order chi connectivity index (χ1) is 5.25. The van der Waals surface area contributed by atoms with Gasteiger partial charge in [-0.1, -0.05) is 6.92 Å². The molecule has 1 aliphatic rings. The first-order valence-electron chi connectivity index (χ1n) is 3.99. The zero-order valence-electron chi connectivity index (χ0n) is 6.76. The lowest BCUT2D eigenvalue weighted by molar-refractivity contribution is -0.124. The third kappa shape index (κ3) is 1.91. The van der Waals surface area contributed by atoms with Crippen LogP contribution in [-0.4, -0.2) is 18.5 Å². The highest BCUT2D eigenvalue weighted by Gasteiger charge is 2.26. The SMILES string of the molecule is CC1CCCNC1C(=O)NN. The summed E-state index contributed by atoms with van der Waals surface area (Å²) in [5, 5.41) is 3.13. The number of nitrogens with two attached hydrogens (primary N) is 1. The molecule has 0 aromatic carbocycles. The predicted octanol–water partition coefficient (Wildman–Crippen LogP) is -0.636. The summed E-state index contributed by atoms with van der Waals surface area (Å²) in [6, 6.07) is -0.0891. The Morgan fingerprint density at radius 2 is 2.45 bits per heavy atom. The molecule has 1 aliphatic heterocycles. The summed E-state index contributed by atoms with van der Waals surface area (Å²) >= 11 is 0. The Kier molecular flexibility index (Phi) is 2.84. The molecular weight excluding hydrogens is 142 g/mol. The molecule has 4 heteroatoms. The second kappa shape index (κ2) is 3.69. The van der Waals surface area contributed by atoms with Gasteiger partial charge in [0.2, 0.25) is 0 Å². The smallest absolute Gasteiger partial charge is 0.251 e. The van der Waals surface area contributed by atoms with Crippen LogP contribution in [0.3, 0.4) is 0 Å². The van der Waals surface area contributed by atoms with Crippen LogP contribution in [0, 0.1) is 5.92 Å². The van der Waals surface area contributed by atoms with Gasteiger partial charge in [0.25, 0.3) is 5.91 Å². The van der Waals surface area contributed by atoms with Crippen LogP contribution in [0.1, 0.15) is 19.8 Å². The fourth-order valence-electron chi connectivity index (χ4n) is 1.49. The van der Waals surface area contributed by atoms with Gasteiger partial charge in [0.05, 0.1) is 6.04 Å². The molecular formula is C7H15N3O. The molecule has 0 bridgehead atoms. The second-order valence-electron chi connectivity index (χ2n) is 3.06. The fourth-order valence-corrected chi connectivity index (χ4v) is 1.49. The summed E-state index contributed by atoms with van der Waals surface area (Å²) in [6.45, 7) is 2.98. The molecule has 1 amide bonds. The molecule has 2 unspecified atom stereocenters. The number of piperidine rings is 1. The number of amides is 1. The van der Waals surface area contributed by atoms with Crippen molar-refractivity contribution >= 4 is 5.91 Å². The molecule has 4 nitrogen and oxygen atoms in total. The van der Waals surface area contributed by atoms with Crippen molar-refractivity contribution in [2.24, 2.45) is 11.8 Å². The predicted molar refractivity (Wildman–Crippen MR) is 42.5 cm³/mol. The van der Waals surface area contributed by atoms with Crippen LogP contribution in [0.15, 0.2) is 0 Å². The molecule has 1 heterocycles. The van der Waals surface area contributed by atoms with Gasteiger partial charge in [-0.25, -0.2) is 5.84 Å². The summed E-state index contributed by atoms with van der Waals surface area (Å²) in [5.74, 6) is 5.32. The van der Waals surface area contributed by atoms with E-state index in [4.69, 9.17) is 5.84 Å². The Morgan fingerprint density at radius 3 is 3.00 bits per heavy atom. The van der Waals surface area contributed by atoms with Crippen LogP contribution in [-0.2, 0) is 4.79 Å². The summed E-state index contributed by atoms with van der Waals surface area (Å²) in [7, 11) is 0. The van der Waals surface area contributed by atoms with E-state index in [9.17, 15) is 4.79 Å². The minimum Gasteiger partial charge on any atom is -0.306 e. The normalized spacial score (nSPS) is 31.5. The molecule has 0 aromatic rings. The van der Waals surface area contributed by atoms with Crippen LogP contribution in [0.4, 0.5) is 0 Å². The standard InChI is InChI=1S/C7H15N3O/c1-5-3-2-4-9-6(5)7(11)10-8/h5-6,9H,2-4,8H2,1H3,(H,10,11). The van der Waals surface area contributed by atoms with Gasteiger partial charge in [0.15, 0.2) is 0 Å². The van der Waals surface area contributed by atoms with E-state index in [1.165, 1.54) is 0 Å².